The average Bonchev–Trinajstić information content (AvgIpc) is 1.89. The SMILES string of the molecule is [CH2]COCCS(=O)(=O)CC. The van der Waals surface area contributed by atoms with Crippen LogP contribution in [0.2, 0.25) is 0 Å². The molecule has 0 aliphatic heterocycles. The number of hydrogen-bond donors (Lipinski definition) is 0. The topological polar surface area (TPSA) is 43.4 Å². The van der Waals surface area contributed by atoms with E-state index in [1.165, 1.54) is 0 Å². The molecule has 0 spiro atoms. The van der Waals surface area contributed by atoms with Crippen molar-refractivity contribution in [2.45, 2.75) is 6.92 Å². The van der Waals surface area contributed by atoms with Crippen LogP contribution in [0.5, 0.6) is 0 Å². The second-order valence-electron chi connectivity index (χ2n) is 1.85. The Balaban J connectivity index is 3.49. The molecule has 0 saturated carbocycles. The Morgan fingerprint density at radius 1 is 1.50 bits per heavy atom. The van der Waals surface area contributed by atoms with E-state index in [1.54, 1.807) is 6.92 Å². The lowest BCUT2D eigenvalue weighted by atomic mass is 10.8. The summed E-state index contributed by atoms with van der Waals surface area (Å²) in [5, 5.41) is 0. The van der Waals surface area contributed by atoms with E-state index in [0.717, 1.165) is 0 Å². The maximum absolute atomic E-state index is 10.8. The van der Waals surface area contributed by atoms with Crippen LogP contribution in [0.15, 0.2) is 0 Å². The van der Waals surface area contributed by atoms with Crippen molar-refractivity contribution >= 4 is 9.84 Å². The fourth-order valence-corrected chi connectivity index (χ4v) is 1.09. The molecule has 0 heterocycles. The zero-order valence-electron chi connectivity index (χ0n) is 6.17. The molecule has 10 heavy (non-hydrogen) atoms. The highest BCUT2D eigenvalue weighted by Crippen LogP contribution is 1.88. The van der Waals surface area contributed by atoms with Crippen LogP contribution in [-0.2, 0) is 14.6 Å². The van der Waals surface area contributed by atoms with Gasteiger partial charge in [-0.25, -0.2) is 8.42 Å². The molecule has 1 radical (unpaired) electrons. The summed E-state index contributed by atoms with van der Waals surface area (Å²) in [5.41, 5.74) is 0. The van der Waals surface area contributed by atoms with Gasteiger partial charge in [0.1, 0.15) is 0 Å². The van der Waals surface area contributed by atoms with E-state index in [9.17, 15) is 8.42 Å². The van der Waals surface area contributed by atoms with E-state index in [1.807, 2.05) is 0 Å². The first-order valence-electron chi connectivity index (χ1n) is 3.20. The minimum atomic E-state index is -2.84. The van der Waals surface area contributed by atoms with E-state index < -0.39 is 9.84 Å². The van der Waals surface area contributed by atoms with Gasteiger partial charge in [-0.3, -0.25) is 0 Å². The highest BCUT2D eigenvalue weighted by atomic mass is 32.2. The Kier molecular flexibility index (Phi) is 4.64. The predicted octanol–water partition coefficient (Wildman–Crippen LogP) is 0.272. The first kappa shape index (κ1) is 9.91. The largest absolute Gasteiger partial charge is 0.380 e. The van der Waals surface area contributed by atoms with Gasteiger partial charge in [0.15, 0.2) is 9.84 Å². The fourth-order valence-electron chi connectivity index (χ4n) is 0.432. The first-order chi connectivity index (χ1) is 4.62. The van der Waals surface area contributed by atoms with Crippen molar-refractivity contribution in [3.05, 3.63) is 6.92 Å². The van der Waals surface area contributed by atoms with Crippen molar-refractivity contribution in [3.63, 3.8) is 0 Å². The molecular formula is C6H13O3S. The third-order valence-corrected chi connectivity index (χ3v) is 2.79. The zero-order chi connectivity index (χ0) is 8.04. The van der Waals surface area contributed by atoms with Crippen LogP contribution < -0.4 is 0 Å². The minimum Gasteiger partial charge on any atom is -0.380 e. The lowest BCUT2D eigenvalue weighted by molar-refractivity contribution is 0.177. The standard InChI is InChI=1S/C6H13O3S/c1-3-9-5-6-10(7,8)4-2/h1,3-6H2,2H3. The Morgan fingerprint density at radius 3 is 2.50 bits per heavy atom. The van der Waals surface area contributed by atoms with Crippen molar-refractivity contribution in [2.24, 2.45) is 0 Å². The zero-order valence-corrected chi connectivity index (χ0v) is 6.99. The van der Waals surface area contributed by atoms with E-state index in [4.69, 9.17) is 4.74 Å². The van der Waals surface area contributed by atoms with E-state index in [0.29, 0.717) is 6.61 Å². The molecule has 0 saturated heterocycles. The first-order valence-corrected chi connectivity index (χ1v) is 5.02. The van der Waals surface area contributed by atoms with Crippen molar-refractivity contribution < 1.29 is 13.2 Å². The molecule has 0 amide bonds. The smallest absolute Gasteiger partial charge is 0.152 e. The summed E-state index contributed by atoms with van der Waals surface area (Å²) in [6.45, 7) is 5.63. The molecule has 0 aliphatic rings. The Morgan fingerprint density at radius 2 is 2.10 bits per heavy atom. The van der Waals surface area contributed by atoms with E-state index in [-0.39, 0.29) is 18.1 Å². The Bertz CT molecular complexity index is 160. The molecule has 3 nitrogen and oxygen atoms in total. The molecule has 0 atom stereocenters. The van der Waals surface area contributed by atoms with E-state index >= 15 is 0 Å². The molecule has 0 bridgehead atoms. The summed E-state index contributed by atoms with van der Waals surface area (Å²) in [4.78, 5) is 0. The number of sulfone groups is 1. The second-order valence-corrected chi connectivity index (χ2v) is 4.32. The van der Waals surface area contributed by atoms with Crippen LogP contribution in [0.3, 0.4) is 0 Å². The Labute approximate surface area is 62.3 Å². The highest BCUT2D eigenvalue weighted by molar-refractivity contribution is 7.91. The van der Waals surface area contributed by atoms with Gasteiger partial charge in [-0.2, -0.15) is 0 Å². The summed E-state index contributed by atoms with van der Waals surface area (Å²) in [7, 11) is -2.84. The normalized spacial score (nSPS) is 11.8. The summed E-state index contributed by atoms with van der Waals surface area (Å²) in [6, 6.07) is 0. The predicted molar refractivity (Wildman–Crippen MR) is 40.5 cm³/mol. The lowest BCUT2D eigenvalue weighted by Gasteiger charge is -1.99. The fraction of sp³-hybridized carbons (Fsp3) is 0.833. The molecule has 0 rings (SSSR count). The monoisotopic (exact) mass is 165 g/mol. The molecule has 0 unspecified atom stereocenters. The maximum Gasteiger partial charge on any atom is 0.152 e. The lowest BCUT2D eigenvalue weighted by Crippen LogP contribution is -2.13. The van der Waals surface area contributed by atoms with Gasteiger partial charge in [0.05, 0.1) is 12.4 Å². The summed E-state index contributed by atoms with van der Waals surface area (Å²) in [5.74, 6) is 0.298. The molecule has 0 N–H and O–H groups in total. The quantitative estimate of drug-likeness (QED) is 0.549. The van der Waals surface area contributed by atoms with Crippen LogP contribution in [0, 0.1) is 6.92 Å². The van der Waals surface area contributed by atoms with Gasteiger partial charge in [0.2, 0.25) is 0 Å². The molecule has 0 aromatic carbocycles. The van der Waals surface area contributed by atoms with Crippen molar-refractivity contribution in [1.82, 2.24) is 0 Å². The number of ether oxygens (including phenoxy) is 1. The number of rotatable bonds is 5. The van der Waals surface area contributed by atoms with Gasteiger partial charge in [-0.15, -0.1) is 0 Å². The van der Waals surface area contributed by atoms with Crippen molar-refractivity contribution in [3.8, 4) is 0 Å². The van der Waals surface area contributed by atoms with Crippen LogP contribution in [0.1, 0.15) is 6.92 Å². The molecule has 61 valence electrons. The average molecular weight is 165 g/mol. The number of hydrogen-bond acceptors (Lipinski definition) is 3. The van der Waals surface area contributed by atoms with Crippen molar-refractivity contribution in [1.29, 1.82) is 0 Å². The summed E-state index contributed by atoms with van der Waals surface area (Å²) in [6.07, 6.45) is 0. The van der Waals surface area contributed by atoms with Gasteiger partial charge in [-0.1, -0.05) is 6.92 Å². The summed E-state index contributed by atoms with van der Waals surface area (Å²) >= 11 is 0. The van der Waals surface area contributed by atoms with Gasteiger partial charge >= 0.3 is 0 Å². The van der Waals surface area contributed by atoms with Crippen LogP contribution >= 0.6 is 0 Å². The second kappa shape index (κ2) is 4.68. The minimum absolute atomic E-state index is 0.110. The summed E-state index contributed by atoms with van der Waals surface area (Å²) < 4.78 is 26.3. The van der Waals surface area contributed by atoms with Gasteiger partial charge in [-0.05, 0) is 6.92 Å². The highest BCUT2D eigenvalue weighted by Gasteiger charge is 2.05. The van der Waals surface area contributed by atoms with Gasteiger partial charge in [0, 0.05) is 12.4 Å². The molecular weight excluding hydrogens is 152 g/mol. The molecule has 0 aliphatic carbocycles. The third kappa shape index (κ3) is 4.76. The molecule has 0 aromatic heterocycles. The third-order valence-electron chi connectivity index (χ3n) is 1.12. The maximum atomic E-state index is 10.8. The van der Waals surface area contributed by atoms with Crippen LogP contribution in [0.25, 0.3) is 0 Å². The van der Waals surface area contributed by atoms with E-state index in [2.05, 4.69) is 6.92 Å². The molecule has 0 aromatic rings. The Hall–Kier alpha value is -0.0900. The molecule has 4 heteroatoms. The molecule has 0 fully saturated rings. The van der Waals surface area contributed by atoms with Crippen LogP contribution in [-0.4, -0.2) is 33.1 Å². The van der Waals surface area contributed by atoms with Crippen LogP contribution in [0.4, 0.5) is 0 Å². The van der Waals surface area contributed by atoms with Gasteiger partial charge < -0.3 is 4.74 Å². The van der Waals surface area contributed by atoms with Gasteiger partial charge in [0.25, 0.3) is 0 Å². The van der Waals surface area contributed by atoms with Crippen molar-refractivity contribution in [2.75, 3.05) is 24.7 Å².